The van der Waals surface area contributed by atoms with Crippen LogP contribution in [0.4, 0.5) is 5.82 Å². The highest BCUT2D eigenvalue weighted by molar-refractivity contribution is 6.31. The molecule has 20 heavy (non-hydrogen) atoms. The second-order valence-corrected chi connectivity index (χ2v) is 5.45. The van der Waals surface area contributed by atoms with Crippen molar-refractivity contribution in [2.75, 3.05) is 32.5 Å². The molecule has 0 spiro atoms. The molecule has 0 unspecified atom stereocenters. The molecule has 1 fully saturated rings. The standard InChI is InChI=1S/C14H21ClN4O/c1-16-13-4-3-11(15)12(18-13)9-19-7-5-10(6-8-19)14(20)17-2/h3-4,10H,5-9H2,1-2H3,(H,16,18)(H,17,20). The van der Waals surface area contributed by atoms with Gasteiger partial charge in [-0.05, 0) is 38.1 Å². The van der Waals surface area contributed by atoms with Gasteiger partial charge < -0.3 is 10.6 Å². The summed E-state index contributed by atoms with van der Waals surface area (Å²) >= 11 is 6.19. The summed E-state index contributed by atoms with van der Waals surface area (Å²) < 4.78 is 0. The van der Waals surface area contributed by atoms with Crippen LogP contribution < -0.4 is 10.6 Å². The van der Waals surface area contributed by atoms with Gasteiger partial charge in [0.05, 0.1) is 10.7 Å². The van der Waals surface area contributed by atoms with Gasteiger partial charge in [-0.2, -0.15) is 0 Å². The van der Waals surface area contributed by atoms with E-state index in [1.54, 1.807) is 7.05 Å². The highest BCUT2D eigenvalue weighted by Gasteiger charge is 2.24. The maximum Gasteiger partial charge on any atom is 0.222 e. The van der Waals surface area contributed by atoms with Crippen molar-refractivity contribution >= 4 is 23.3 Å². The minimum absolute atomic E-state index is 0.142. The van der Waals surface area contributed by atoms with E-state index in [9.17, 15) is 4.79 Å². The quantitative estimate of drug-likeness (QED) is 0.888. The van der Waals surface area contributed by atoms with Gasteiger partial charge in [-0.25, -0.2) is 4.98 Å². The van der Waals surface area contributed by atoms with Gasteiger partial charge in [-0.1, -0.05) is 11.6 Å². The van der Waals surface area contributed by atoms with E-state index in [4.69, 9.17) is 11.6 Å². The summed E-state index contributed by atoms with van der Waals surface area (Å²) in [7, 11) is 3.54. The molecule has 1 aromatic heterocycles. The van der Waals surface area contributed by atoms with Gasteiger partial charge in [0.2, 0.25) is 5.91 Å². The fraction of sp³-hybridized carbons (Fsp3) is 0.571. The molecule has 5 nitrogen and oxygen atoms in total. The number of amides is 1. The Morgan fingerprint density at radius 1 is 1.40 bits per heavy atom. The van der Waals surface area contributed by atoms with Gasteiger partial charge in [0.15, 0.2) is 0 Å². The molecule has 1 saturated heterocycles. The fourth-order valence-electron chi connectivity index (χ4n) is 2.50. The fourth-order valence-corrected chi connectivity index (χ4v) is 2.67. The predicted octanol–water partition coefficient (Wildman–Crippen LogP) is 1.73. The molecule has 2 heterocycles. The summed E-state index contributed by atoms with van der Waals surface area (Å²) in [5.74, 6) is 1.12. The molecule has 1 aromatic rings. The number of hydrogen-bond donors (Lipinski definition) is 2. The van der Waals surface area contributed by atoms with E-state index in [0.29, 0.717) is 5.02 Å². The van der Waals surface area contributed by atoms with Crippen molar-refractivity contribution in [2.24, 2.45) is 5.92 Å². The van der Waals surface area contributed by atoms with Gasteiger partial charge >= 0.3 is 0 Å². The zero-order chi connectivity index (χ0) is 14.5. The first kappa shape index (κ1) is 15.1. The normalized spacial score (nSPS) is 16.9. The van der Waals surface area contributed by atoms with Crippen LogP contribution in [0, 0.1) is 5.92 Å². The number of rotatable bonds is 4. The Morgan fingerprint density at radius 2 is 2.10 bits per heavy atom. The molecule has 2 N–H and O–H groups in total. The summed E-state index contributed by atoms with van der Waals surface area (Å²) in [6, 6.07) is 3.73. The zero-order valence-electron chi connectivity index (χ0n) is 11.9. The molecule has 1 aliphatic rings. The maximum absolute atomic E-state index is 11.6. The monoisotopic (exact) mass is 296 g/mol. The Kier molecular flexibility index (Phi) is 5.20. The Labute approximate surface area is 124 Å². The highest BCUT2D eigenvalue weighted by atomic mass is 35.5. The molecule has 0 atom stereocenters. The van der Waals surface area contributed by atoms with Crippen molar-refractivity contribution in [3.63, 3.8) is 0 Å². The van der Waals surface area contributed by atoms with Gasteiger partial charge in [0.1, 0.15) is 5.82 Å². The topological polar surface area (TPSA) is 57.3 Å². The number of piperidine rings is 1. The van der Waals surface area contributed by atoms with E-state index in [2.05, 4.69) is 20.5 Å². The number of carbonyl (C=O) groups excluding carboxylic acids is 1. The second kappa shape index (κ2) is 6.90. The molecular weight excluding hydrogens is 276 g/mol. The first-order chi connectivity index (χ1) is 9.63. The lowest BCUT2D eigenvalue weighted by molar-refractivity contribution is -0.125. The van der Waals surface area contributed by atoms with Crippen LogP contribution in [0.5, 0.6) is 0 Å². The predicted molar refractivity (Wildman–Crippen MR) is 80.9 cm³/mol. The van der Waals surface area contributed by atoms with E-state index < -0.39 is 0 Å². The Bertz CT molecular complexity index is 472. The number of halogens is 1. The minimum atomic E-state index is 0.142. The SMILES string of the molecule is CNC(=O)C1CCN(Cc2nc(NC)ccc2Cl)CC1. The average molecular weight is 297 g/mol. The van der Waals surface area contributed by atoms with E-state index >= 15 is 0 Å². The molecule has 1 amide bonds. The third-order valence-electron chi connectivity index (χ3n) is 3.75. The molecule has 6 heteroatoms. The lowest BCUT2D eigenvalue weighted by Crippen LogP contribution is -2.39. The zero-order valence-corrected chi connectivity index (χ0v) is 12.7. The summed E-state index contributed by atoms with van der Waals surface area (Å²) in [6.07, 6.45) is 1.78. The van der Waals surface area contributed by atoms with Gasteiger partial charge in [-0.3, -0.25) is 9.69 Å². The lowest BCUT2D eigenvalue weighted by Gasteiger charge is -2.30. The molecule has 2 rings (SSSR count). The van der Waals surface area contributed by atoms with Crippen molar-refractivity contribution < 1.29 is 4.79 Å². The van der Waals surface area contributed by atoms with Crippen LogP contribution in [0.2, 0.25) is 5.02 Å². The number of pyridine rings is 1. The molecule has 1 aliphatic heterocycles. The summed E-state index contributed by atoms with van der Waals surface area (Å²) in [6.45, 7) is 2.54. The third kappa shape index (κ3) is 3.61. The van der Waals surface area contributed by atoms with Crippen LogP contribution >= 0.6 is 11.6 Å². The maximum atomic E-state index is 11.6. The minimum Gasteiger partial charge on any atom is -0.373 e. The average Bonchev–Trinajstić information content (AvgIpc) is 2.49. The third-order valence-corrected chi connectivity index (χ3v) is 4.10. The van der Waals surface area contributed by atoms with Crippen LogP contribution in [-0.2, 0) is 11.3 Å². The van der Waals surface area contributed by atoms with Crippen LogP contribution in [0.25, 0.3) is 0 Å². The van der Waals surface area contributed by atoms with Crippen molar-refractivity contribution in [1.29, 1.82) is 0 Å². The smallest absolute Gasteiger partial charge is 0.222 e. The summed E-state index contributed by atoms with van der Waals surface area (Å²) in [5.41, 5.74) is 0.886. The van der Waals surface area contributed by atoms with Crippen LogP contribution in [-0.4, -0.2) is 43.0 Å². The van der Waals surface area contributed by atoms with E-state index in [1.807, 2.05) is 19.2 Å². The molecule has 110 valence electrons. The number of aromatic nitrogens is 1. The number of hydrogen-bond acceptors (Lipinski definition) is 4. The van der Waals surface area contributed by atoms with Gasteiger partial charge in [0.25, 0.3) is 0 Å². The van der Waals surface area contributed by atoms with E-state index in [-0.39, 0.29) is 11.8 Å². The number of likely N-dealkylation sites (tertiary alicyclic amines) is 1. The van der Waals surface area contributed by atoms with Crippen molar-refractivity contribution in [3.05, 3.63) is 22.8 Å². The summed E-state index contributed by atoms with van der Waals surface area (Å²) in [5, 5.41) is 6.44. The molecule has 0 saturated carbocycles. The molecular formula is C14H21ClN4O. The van der Waals surface area contributed by atoms with E-state index in [0.717, 1.165) is 44.0 Å². The molecule has 0 aliphatic carbocycles. The lowest BCUT2D eigenvalue weighted by atomic mass is 9.96. The Balaban J connectivity index is 1.94. The van der Waals surface area contributed by atoms with Crippen LogP contribution in [0.1, 0.15) is 18.5 Å². The number of carbonyl (C=O) groups is 1. The number of nitrogens with zero attached hydrogens (tertiary/aromatic N) is 2. The van der Waals surface area contributed by atoms with Crippen molar-refractivity contribution in [2.45, 2.75) is 19.4 Å². The van der Waals surface area contributed by atoms with Crippen molar-refractivity contribution in [3.8, 4) is 0 Å². The van der Waals surface area contributed by atoms with Gasteiger partial charge in [0, 0.05) is 26.6 Å². The van der Waals surface area contributed by atoms with Gasteiger partial charge in [-0.15, -0.1) is 0 Å². The van der Waals surface area contributed by atoms with E-state index in [1.165, 1.54) is 0 Å². The molecule has 0 bridgehead atoms. The van der Waals surface area contributed by atoms with Crippen LogP contribution in [0.3, 0.4) is 0 Å². The van der Waals surface area contributed by atoms with Crippen LogP contribution in [0.15, 0.2) is 12.1 Å². The first-order valence-electron chi connectivity index (χ1n) is 6.91. The molecule has 0 aromatic carbocycles. The Morgan fingerprint density at radius 3 is 2.70 bits per heavy atom. The highest BCUT2D eigenvalue weighted by Crippen LogP contribution is 2.22. The summed E-state index contributed by atoms with van der Waals surface area (Å²) in [4.78, 5) is 18.4. The molecule has 0 radical (unpaired) electrons. The first-order valence-corrected chi connectivity index (χ1v) is 7.29. The Hall–Kier alpha value is -1.33. The van der Waals surface area contributed by atoms with Crippen molar-refractivity contribution in [1.82, 2.24) is 15.2 Å². The second-order valence-electron chi connectivity index (χ2n) is 5.04. The number of nitrogens with one attached hydrogen (secondary N) is 2. The largest absolute Gasteiger partial charge is 0.373 e. The number of anilines is 1.